The first-order valence-electron chi connectivity index (χ1n) is 4.95. The molecule has 4 nitrogen and oxygen atoms in total. The molecular formula is C9H20BrNO3S. The molecule has 0 aliphatic rings. The molecule has 15 heavy (non-hydrogen) atoms. The third-order valence-corrected chi connectivity index (χ3v) is 3.85. The molecule has 0 N–H and O–H groups in total. The highest BCUT2D eigenvalue weighted by molar-refractivity contribution is 9.09. The second-order valence-electron chi connectivity index (χ2n) is 3.80. The van der Waals surface area contributed by atoms with E-state index in [0.29, 0.717) is 6.54 Å². The number of sulfonamides is 1. The molecule has 0 aliphatic carbocycles. The fourth-order valence-electron chi connectivity index (χ4n) is 1.01. The quantitative estimate of drug-likeness (QED) is 0.669. The summed E-state index contributed by atoms with van der Waals surface area (Å²) < 4.78 is 29.9. The Balaban J connectivity index is 4.06. The third kappa shape index (κ3) is 7.27. The van der Waals surface area contributed by atoms with Crippen LogP contribution in [0.5, 0.6) is 0 Å². The van der Waals surface area contributed by atoms with Crippen molar-refractivity contribution < 1.29 is 13.2 Å². The first kappa shape index (κ1) is 15.3. The lowest BCUT2D eigenvalue weighted by molar-refractivity contribution is 0.0908. The maximum atomic E-state index is 11.7. The van der Waals surface area contributed by atoms with E-state index in [4.69, 9.17) is 4.74 Å². The number of alkyl halides is 1. The number of rotatable bonds is 7. The normalized spacial score (nSPS) is 14.9. The highest BCUT2D eigenvalue weighted by Gasteiger charge is 2.18. The number of hydrogen-bond donors (Lipinski definition) is 0. The predicted molar refractivity (Wildman–Crippen MR) is 65.9 cm³/mol. The first-order chi connectivity index (χ1) is 6.75. The number of ether oxygens (including phenoxy) is 1. The molecule has 0 bridgehead atoms. The Morgan fingerprint density at radius 2 is 1.87 bits per heavy atom. The van der Waals surface area contributed by atoms with Crippen molar-refractivity contribution in [3.05, 3.63) is 0 Å². The molecule has 0 radical (unpaired) electrons. The Bertz CT molecular complexity index is 265. The average molecular weight is 302 g/mol. The van der Waals surface area contributed by atoms with E-state index in [1.807, 2.05) is 20.8 Å². The molecule has 0 aromatic rings. The van der Waals surface area contributed by atoms with Crippen molar-refractivity contribution in [3.8, 4) is 0 Å². The minimum absolute atomic E-state index is 0.0431. The summed E-state index contributed by atoms with van der Waals surface area (Å²) in [6.45, 7) is 6.41. The largest absolute Gasteiger partial charge is 0.378 e. The maximum absolute atomic E-state index is 11.7. The fourth-order valence-corrected chi connectivity index (χ4v) is 2.71. The van der Waals surface area contributed by atoms with Gasteiger partial charge in [0.2, 0.25) is 10.0 Å². The molecule has 0 fully saturated rings. The molecule has 0 rings (SSSR count). The van der Waals surface area contributed by atoms with Gasteiger partial charge in [0.05, 0.1) is 18.5 Å². The molecule has 0 saturated heterocycles. The molecule has 92 valence electrons. The molecule has 0 amide bonds. The van der Waals surface area contributed by atoms with E-state index in [9.17, 15) is 8.42 Å². The van der Waals surface area contributed by atoms with Crippen molar-refractivity contribution in [2.45, 2.75) is 31.7 Å². The van der Waals surface area contributed by atoms with Gasteiger partial charge in [-0.1, -0.05) is 22.9 Å². The van der Waals surface area contributed by atoms with Crippen LogP contribution in [-0.4, -0.2) is 49.6 Å². The standard InChI is InChI=1S/C9H20BrNO3S/c1-8(2)14-5-6-15(12,13)11(4)7-9(3)10/h8-9H,5-7H2,1-4H3. The summed E-state index contributed by atoms with van der Waals surface area (Å²) in [6, 6.07) is 0. The van der Waals surface area contributed by atoms with Gasteiger partial charge in [-0.2, -0.15) is 0 Å². The van der Waals surface area contributed by atoms with Crippen LogP contribution in [0.25, 0.3) is 0 Å². The molecule has 1 atom stereocenters. The number of hydrogen-bond acceptors (Lipinski definition) is 3. The monoisotopic (exact) mass is 301 g/mol. The fraction of sp³-hybridized carbons (Fsp3) is 1.00. The van der Waals surface area contributed by atoms with Crippen molar-refractivity contribution in [2.75, 3.05) is 26.0 Å². The average Bonchev–Trinajstić information content (AvgIpc) is 2.01. The lowest BCUT2D eigenvalue weighted by Crippen LogP contribution is -2.34. The minimum Gasteiger partial charge on any atom is -0.378 e. The van der Waals surface area contributed by atoms with Crippen LogP contribution >= 0.6 is 15.9 Å². The topological polar surface area (TPSA) is 46.6 Å². The van der Waals surface area contributed by atoms with Crippen molar-refractivity contribution in [1.82, 2.24) is 4.31 Å². The minimum atomic E-state index is -3.17. The Labute approximate surface area is 101 Å². The highest BCUT2D eigenvalue weighted by atomic mass is 79.9. The van der Waals surface area contributed by atoms with Gasteiger partial charge in [-0.15, -0.1) is 0 Å². The molecule has 0 aromatic heterocycles. The van der Waals surface area contributed by atoms with Crippen LogP contribution in [0.1, 0.15) is 20.8 Å². The van der Waals surface area contributed by atoms with E-state index in [-0.39, 0.29) is 23.3 Å². The molecule has 1 unspecified atom stereocenters. The summed E-state index contributed by atoms with van der Waals surface area (Å²) >= 11 is 3.32. The summed E-state index contributed by atoms with van der Waals surface area (Å²) in [6.07, 6.45) is 0.0700. The van der Waals surface area contributed by atoms with Gasteiger partial charge in [-0.05, 0) is 13.8 Å². The summed E-state index contributed by atoms with van der Waals surface area (Å²) in [7, 11) is -1.59. The van der Waals surface area contributed by atoms with Gasteiger partial charge >= 0.3 is 0 Å². The van der Waals surface area contributed by atoms with Gasteiger partial charge < -0.3 is 4.74 Å². The Kier molecular flexibility index (Phi) is 6.99. The van der Waals surface area contributed by atoms with Crippen molar-refractivity contribution in [3.63, 3.8) is 0 Å². The van der Waals surface area contributed by atoms with Gasteiger partial charge in [0.25, 0.3) is 0 Å². The highest BCUT2D eigenvalue weighted by Crippen LogP contribution is 2.05. The van der Waals surface area contributed by atoms with Gasteiger partial charge in [-0.25, -0.2) is 12.7 Å². The van der Waals surface area contributed by atoms with E-state index in [0.717, 1.165) is 0 Å². The summed E-state index contributed by atoms with van der Waals surface area (Å²) in [5, 5.41) is 0. The second kappa shape index (κ2) is 6.83. The predicted octanol–water partition coefficient (Wildman–Crippen LogP) is 1.46. The molecule has 0 aliphatic heterocycles. The van der Waals surface area contributed by atoms with Gasteiger partial charge in [0, 0.05) is 18.4 Å². The molecule has 6 heteroatoms. The number of halogens is 1. The van der Waals surface area contributed by atoms with Crippen molar-refractivity contribution in [1.29, 1.82) is 0 Å². The smallest absolute Gasteiger partial charge is 0.216 e. The molecule has 0 saturated carbocycles. The van der Waals surface area contributed by atoms with Crippen LogP contribution in [0.3, 0.4) is 0 Å². The van der Waals surface area contributed by atoms with Crippen LogP contribution in [-0.2, 0) is 14.8 Å². The molecule has 0 aromatic carbocycles. The van der Waals surface area contributed by atoms with E-state index in [2.05, 4.69) is 15.9 Å². The van der Waals surface area contributed by atoms with E-state index in [1.54, 1.807) is 7.05 Å². The van der Waals surface area contributed by atoms with E-state index < -0.39 is 10.0 Å². The van der Waals surface area contributed by atoms with Crippen LogP contribution in [0.4, 0.5) is 0 Å². The van der Waals surface area contributed by atoms with Crippen molar-refractivity contribution in [2.24, 2.45) is 0 Å². The van der Waals surface area contributed by atoms with Gasteiger partial charge in [0.15, 0.2) is 0 Å². The summed E-state index contributed by atoms with van der Waals surface area (Å²) in [5.41, 5.74) is 0. The SMILES string of the molecule is CC(Br)CN(C)S(=O)(=O)CCOC(C)C. The van der Waals surface area contributed by atoms with E-state index >= 15 is 0 Å². The van der Waals surface area contributed by atoms with Crippen LogP contribution < -0.4 is 0 Å². The Morgan fingerprint density at radius 1 is 1.33 bits per heavy atom. The summed E-state index contributed by atoms with van der Waals surface area (Å²) in [4.78, 5) is 0.156. The lowest BCUT2D eigenvalue weighted by Gasteiger charge is -2.18. The Morgan fingerprint density at radius 3 is 2.27 bits per heavy atom. The van der Waals surface area contributed by atoms with Crippen LogP contribution in [0, 0.1) is 0 Å². The third-order valence-electron chi connectivity index (χ3n) is 1.78. The first-order valence-corrected chi connectivity index (χ1v) is 7.48. The molecular weight excluding hydrogens is 282 g/mol. The van der Waals surface area contributed by atoms with Crippen LogP contribution in [0.15, 0.2) is 0 Å². The Hall–Kier alpha value is 0.350. The zero-order chi connectivity index (χ0) is 12.1. The maximum Gasteiger partial charge on any atom is 0.216 e. The zero-order valence-corrected chi connectivity index (χ0v) is 12.1. The second-order valence-corrected chi connectivity index (χ2v) is 7.56. The summed E-state index contributed by atoms with van der Waals surface area (Å²) in [5.74, 6) is 0.0431. The van der Waals surface area contributed by atoms with E-state index in [1.165, 1.54) is 4.31 Å². The van der Waals surface area contributed by atoms with Gasteiger partial charge in [0.1, 0.15) is 0 Å². The lowest BCUT2D eigenvalue weighted by atomic mass is 10.5. The molecule has 0 heterocycles. The zero-order valence-electron chi connectivity index (χ0n) is 9.73. The van der Waals surface area contributed by atoms with Crippen molar-refractivity contribution >= 4 is 26.0 Å². The number of nitrogens with zero attached hydrogens (tertiary/aromatic N) is 1. The molecule has 0 spiro atoms. The van der Waals surface area contributed by atoms with Gasteiger partial charge in [-0.3, -0.25) is 0 Å². The van der Waals surface area contributed by atoms with Crippen LogP contribution in [0.2, 0.25) is 0 Å².